The first-order valence-electron chi connectivity index (χ1n) is 6.57. The van der Waals surface area contributed by atoms with E-state index >= 15 is 0 Å². The maximum absolute atomic E-state index is 11.1. The molecule has 5 heteroatoms. The van der Waals surface area contributed by atoms with Gasteiger partial charge in [0.2, 0.25) is 0 Å². The zero-order valence-corrected chi connectivity index (χ0v) is 12.1. The molecule has 20 heavy (non-hydrogen) atoms. The van der Waals surface area contributed by atoms with Crippen LogP contribution in [0.1, 0.15) is 35.3 Å². The Bertz CT molecular complexity index is 542. The molecule has 5 nitrogen and oxygen atoms in total. The van der Waals surface area contributed by atoms with Crippen LogP contribution in [0.2, 0.25) is 0 Å². The van der Waals surface area contributed by atoms with Crippen molar-refractivity contribution < 1.29 is 19.5 Å². The Morgan fingerprint density at radius 3 is 2.40 bits per heavy atom. The van der Waals surface area contributed by atoms with Gasteiger partial charge in [0.1, 0.15) is 18.5 Å². The minimum Gasteiger partial charge on any atom is -0.493 e. The summed E-state index contributed by atoms with van der Waals surface area (Å²) < 4.78 is 5.77. The molecular weight excluding hydrogens is 258 g/mol. The summed E-state index contributed by atoms with van der Waals surface area (Å²) in [5.74, 6) is -0.0981. The molecule has 1 N–H and O–H groups in total. The van der Waals surface area contributed by atoms with Gasteiger partial charge in [-0.15, -0.1) is 0 Å². The molecule has 1 aromatic carbocycles. The normalized spacial score (nSPS) is 21.3. The van der Waals surface area contributed by atoms with Crippen LogP contribution in [0.3, 0.4) is 0 Å². The molecule has 1 aliphatic heterocycles. The Morgan fingerprint density at radius 1 is 1.35 bits per heavy atom. The second-order valence-electron chi connectivity index (χ2n) is 5.20. The van der Waals surface area contributed by atoms with Crippen LogP contribution in [0.4, 0.5) is 0 Å². The summed E-state index contributed by atoms with van der Waals surface area (Å²) in [5, 5.41) is 13.1. The van der Waals surface area contributed by atoms with E-state index in [0.29, 0.717) is 29.0 Å². The van der Waals surface area contributed by atoms with Gasteiger partial charge in [0.25, 0.3) is 0 Å². The fourth-order valence-corrected chi connectivity index (χ4v) is 2.43. The number of hydrogen-bond acceptors (Lipinski definition) is 4. The molecule has 0 aromatic heterocycles. The van der Waals surface area contributed by atoms with E-state index in [1.807, 2.05) is 13.8 Å². The third-order valence-electron chi connectivity index (χ3n) is 3.62. The van der Waals surface area contributed by atoms with Crippen molar-refractivity contribution in [1.82, 2.24) is 0 Å². The summed E-state index contributed by atoms with van der Waals surface area (Å²) in [4.78, 5) is 16.3. The number of carboxylic acid groups (broad SMARTS) is 1. The topological polar surface area (TPSA) is 68.1 Å². The van der Waals surface area contributed by atoms with Crippen LogP contribution in [0.25, 0.3) is 0 Å². The lowest BCUT2D eigenvalue weighted by Crippen LogP contribution is -2.25. The van der Waals surface area contributed by atoms with Gasteiger partial charge >= 0.3 is 5.97 Å². The number of aryl methyl sites for hydroxylation is 2. The van der Waals surface area contributed by atoms with E-state index in [9.17, 15) is 4.79 Å². The number of oxime groups is 1. The van der Waals surface area contributed by atoms with Crippen molar-refractivity contribution in [3.8, 4) is 5.75 Å². The molecule has 0 aliphatic carbocycles. The second kappa shape index (κ2) is 5.53. The first-order chi connectivity index (χ1) is 9.40. The van der Waals surface area contributed by atoms with Crippen LogP contribution in [0, 0.1) is 19.8 Å². The summed E-state index contributed by atoms with van der Waals surface area (Å²) in [5.41, 5.74) is 2.67. The number of rotatable bonds is 4. The highest BCUT2D eigenvalue weighted by Gasteiger charge is 2.28. The molecular formula is C15H19NO4. The molecule has 2 atom stereocenters. The number of nitrogens with zero attached hydrogens (tertiary/aromatic N) is 1. The van der Waals surface area contributed by atoms with Crippen LogP contribution < -0.4 is 4.74 Å². The SMILES string of the molecule is CC1=NOC(C)C1COc1cc(C)c(C(=O)O)c(C)c1. The highest BCUT2D eigenvalue weighted by atomic mass is 16.6. The van der Waals surface area contributed by atoms with Crippen molar-refractivity contribution in [3.63, 3.8) is 0 Å². The third kappa shape index (κ3) is 2.76. The van der Waals surface area contributed by atoms with Crippen molar-refractivity contribution in [1.29, 1.82) is 0 Å². The lowest BCUT2D eigenvalue weighted by molar-refractivity contribution is 0.0629. The standard InChI is InChI=1S/C15H19NO4/c1-8-5-12(6-9(2)14(8)15(17)18)19-7-13-10(3)16-20-11(13)4/h5-6,11,13H,7H2,1-4H3,(H,17,18). The minimum atomic E-state index is -0.910. The van der Waals surface area contributed by atoms with E-state index in [4.69, 9.17) is 14.7 Å². The van der Waals surface area contributed by atoms with E-state index < -0.39 is 5.97 Å². The smallest absolute Gasteiger partial charge is 0.336 e. The number of carbonyl (C=O) groups is 1. The summed E-state index contributed by atoms with van der Waals surface area (Å²) in [6.07, 6.45) is 0.00971. The summed E-state index contributed by atoms with van der Waals surface area (Å²) in [7, 11) is 0. The molecule has 1 aromatic rings. The molecule has 0 amide bonds. The Balaban J connectivity index is 2.11. The average molecular weight is 277 g/mol. The third-order valence-corrected chi connectivity index (χ3v) is 3.62. The highest BCUT2D eigenvalue weighted by molar-refractivity contribution is 5.91. The lowest BCUT2D eigenvalue weighted by atomic mass is 10.0. The van der Waals surface area contributed by atoms with E-state index in [0.717, 1.165) is 5.71 Å². The number of ether oxygens (including phenoxy) is 1. The molecule has 0 saturated carbocycles. The molecule has 2 unspecified atom stereocenters. The van der Waals surface area contributed by atoms with Gasteiger partial charge in [-0.05, 0) is 51.0 Å². The molecule has 0 radical (unpaired) electrons. The van der Waals surface area contributed by atoms with Crippen LogP contribution in [-0.4, -0.2) is 29.5 Å². The molecule has 0 saturated heterocycles. The second-order valence-corrected chi connectivity index (χ2v) is 5.20. The molecule has 2 rings (SSSR count). The van der Waals surface area contributed by atoms with E-state index in [2.05, 4.69) is 5.16 Å². The Labute approximate surface area is 118 Å². The van der Waals surface area contributed by atoms with Gasteiger partial charge < -0.3 is 14.7 Å². The summed E-state index contributed by atoms with van der Waals surface area (Å²) in [6, 6.07) is 3.51. The maximum Gasteiger partial charge on any atom is 0.336 e. The molecule has 0 spiro atoms. The fourth-order valence-electron chi connectivity index (χ4n) is 2.43. The Hall–Kier alpha value is -2.04. The van der Waals surface area contributed by atoms with Gasteiger partial charge in [0, 0.05) is 0 Å². The van der Waals surface area contributed by atoms with Crippen molar-refractivity contribution in [2.24, 2.45) is 11.1 Å². The van der Waals surface area contributed by atoms with Gasteiger partial charge in [-0.2, -0.15) is 0 Å². The first kappa shape index (κ1) is 14.4. The van der Waals surface area contributed by atoms with Crippen molar-refractivity contribution in [2.75, 3.05) is 6.61 Å². The molecule has 0 bridgehead atoms. The zero-order valence-electron chi connectivity index (χ0n) is 12.1. The quantitative estimate of drug-likeness (QED) is 0.918. The van der Waals surface area contributed by atoms with E-state index in [-0.39, 0.29) is 12.0 Å². The summed E-state index contributed by atoms with van der Waals surface area (Å²) in [6.45, 7) is 7.90. The zero-order chi connectivity index (χ0) is 14.9. The molecule has 0 fully saturated rings. The van der Waals surface area contributed by atoms with E-state index in [1.165, 1.54) is 0 Å². The van der Waals surface area contributed by atoms with Crippen LogP contribution in [0.5, 0.6) is 5.75 Å². The molecule has 1 aliphatic rings. The molecule has 1 heterocycles. The summed E-state index contributed by atoms with van der Waals surface area (Å²) >= 11 is 0. The van der Waals surface area contributed by atoms with Gasteiger partial charge in [0.15, 0.2) is 0 Å². The largest absolute Gasteiger partial charge is 0.493 e. The lowest BCUT2D eigenvalue weighted by Gasteiger charge is -2.16. The Morgan fingerprint density at radius 2 is 1.95 bits per heavy atom. The highest BCUT2D eigenvalue weighted by Crippen LogP contribution is 2.24. The van der Waals surface area contributed by atoms with Crippen molar-refractivity contribution in [2.45, 2.75) is 33.8 Å². The minimum absolute atomic E-state index is 0.00971. The maximum atomic E-state index is 11.1. The molecule has 108 valence electrons. The fraction of sp³-hybridized carbons (Fsp3) is 0.467. The van der Waals surface area contributed by atoms with Gasteiger partial charge in [0.05, 0.1) is 17.2 Å². The van der Waals surface area contributed by atoms with Crippen LogP contribution in [0.15, 0.2) is 17.3 Å². The Kier molecular flexibility index (Phi) is 3.97. The van der Waals surface area contributed by atoms with Crippen LogP contribution in [-0.2, 0) is 4.84 Å². The van der Waals surface area contributed by atoms with Gasteiger partial charge in [-0.1, -0.05) is 5.16 Å². The van der Waals surface area contributed by atoms with E-state index in [1.54, 1.807) is 26.0 Å². The monoisotopic (exact) mass is 277 g/mol. The average Bonchev–Trinajstić information content (AvgIpc) is 2.65. The van der Waals surface area contributed by atoms with Gasteiger partial charge in [-0.3, -0.25) is 0 Å². The number of hydrogen-bond donors (Lipinski definition) is 1. The predicted molar refractivity (Wildman–Crippen MR) is 75.5 cm³/mol. The van der Waals surface area contributed by atoms with Crippen molar-refractivity contribution in [3.05, 3.63) is 28.8 Å². The van der Waals surface area contributed by atoms with Crippen LogP contribution >= 0.6 is 0 Å². The van der Waals surface area contributed by atoms with Crippen molar-refractivity contribution >= 4 is 11.7 Å². The number of aromatic carboxylic acids is 1. The number of carboxylic acids is 1. The number of benzene rings is 1. The van der Waals surface area contributed by atoms with Gasteiger partial charge in [-0.25, -0.2) is 4.79 Å². The predicted octanol–water partition coefficient (Wildman–Crippen LogP) is 2.79. The first-order valence-corrected chi connectivity index (χ1v) is 6.57.